The Morgan fingerprint density at radius 3 is 2.53 bits per heavy atom. The Morgan fingerprint density at radius 2 is 1.79 bits per heavy atom. The van der Waals surface area contributed by atoms with Crippen molar-refractivity contribution in [2.75, 3.05) is 0 Å². The van der Waals surface area contributed by atoms with Gasteiger partial charge in [-0.3, -0.25) is 0 Å². The van der Waals surface area contributed by atoms with Crippen LogP contribution in [0.15, 0.2) is 48.5 Å². The number of aromatic nitrogens is 1. The van der Waals surface area contributed by atoms with Crippen molar-refractivity contribution in [3.8, 4) is 11.3 Å². The van der Waals surface area contributed by atoms with E-state index in [1.165, 1.54) is 6.07 Å². The molecule has 1 heterocycles. The molecule has 0 aliphatic carbocycles. The first-order valence-electron chi connectivity index (χ1n) is 5.97. The molecule has 0 bridgehead atoms. The Morgan fingerprint density at radius 1 is 1.05 bits per heavy atom. The molecule has 3 rings (SSSR count). The molecule has 0 spiro atoms. The first-order chi connectivity index (χ1) is 9.16. The van der Waals surface area contributed by atoms with Crippen molar-refractivity contribution in [2.24, 2.45) is 0 Å². The summed E-state index contributed by atoms with van der Waals surface area (Å²) < 4.78 is 13.8. The lowest BCUT2D eigenvalue weighted by molar-refractivity contribution is 0.639. The SMILES string of the molecule is Cc1ccc(F)c2c(Cl)cc(-c3ccccc3)nc12. The van der Waals surface area contributed by atoms with Gasteiger partial charge in [-0.15, -0.1) is 0 Å². The number of benzene rings is 2. The molecule has 0 aliphatic rings. The fourth-order valence-corrected chi connectivity index (χ4v) is 2.43. The number of pyridine rings is 1. The molecule has 3 heteroatoms. The van der Waals surface area contributed by atoms with E-state index < -0.39 is 0 Å². The van der Waals surface area contributed by atoms with Crippen LogP contribution in [0.3, 0.4) is 0 Å². The van der Waals surface area contributed by atoms with Crippen LogP contribution in [0.25, 0.3) is 22.2 Å². The standard InChI is InChI=1S/C16H11ClFN/c1-10-7-8-13(18)15-12(17)9-14(19-16(10)15)11-5-3-2-4-6-11/h2-9H,1H3. The minimum Gasteiger partial charge on any atom is -0.247 e. The van der Waals surface area contributed by atoms with Crippen LogP contribution in [-0.2, 0) is 0 Å². The number of hydrogen-bond donors (Lipinski definition) is 0. The highest BCUT2D eigenvalue weighted by atomic mass is 35.5. The van der Waals surface area contributed by atoms with Gasteiger partial charge in [-0.25, -0.2) is 9.37 Å². The number of rotatable bonds is 1. The highest BCUT2D eigenvalue weighted by molar-refractivity contribution is 6.35. The van der Waals surface area contributed by atoms with Gasteiger partial charge in [0.15, 0.2) is 0 Å². The van der Waals surface area contributed by atoms with Crippen molar-refractivity contribution < 1.29 is 4.39 Å². The topological polar surface area (TPSA) is 12.9 Å². The second-order valence-electron chi connectivity index (χ2n) is 4.44. The minimum absolute atomic E-state index is 0.335. The number of aryl methyl sites for hydroxylation is 1. The second kappa shape index (κ2) is 4.63. The molecule has 0 amide bonds. The molecule has 94 valence electrons. The van der Waals surface area contributed by atoms with E-state index >= 15 is 0 Å². The summed E-state index contributed by atoms with van der Waals surface area (Å²) in [5.74, 6) is -0.335. The van der Waals surface area contributed by atoms with E-state index in [4.69, 9.17) is 11.6 Å². The lowest BCUT2D eigenvalue weighted by atomic mass is 10.1. The lowest BCUT2D eigenvalue weighted by Crippen LogP contribution is -1.91. The third-order valence-electron chi connectivity index (χ3n) is 3.13. The van der Waals surface area contributed by atoms with E-state index in [9.17, 15) is 4.39 Å². The quantitative estimate of drug-likeness (QED) is 0.607. The molecular weight excluding hydrogens is 261 g/mol. The second-order valence-corrected chi connectivity index (χ2v) is 4.85. The van der Waals surface area contributed by atoms with Gasteiger partial charge in [0.25, 0.3) is 0 Å². The van der Waals surface area contributed by atoms with Gasteiger partial charge >= 0.3 is 0 Å². The molecule has 0 saturated heterocycles. The molecule has 19 heavy (non-hydrogen) atoms. The van der Waals surface area contributed by atoms with E-state index in [0.29, 0.717) is 15.9 Å². The molecule has 0 aliphatic heterocycles. The van der Waals surface area contributed by atoms with Crippen LogP contribution in [0.1, 0.15) is 5.56 Å². The lowest BCUT2D eigenvalue weighted by Gasteiger charge is -2.08. The van der Waals surface area contributed by atoms with Gasteiger partial charge in [-0.1, -0.05) is 48.0 Å². The van der Waals surface area contributed by atoms with Crippen molar-refractivity contribution in [2.45, 2.75) is 6.92 Å². The summed E-state index contributed by atoms with van der Waals surface area (Å²) >= 11 is 6.21. The zero-order valence-electron chi connectivity index (χ0n) is 10.3. The first kappa shape index (κ1) is 12.1. The third kappa shape index (κ3) is 2.08. The van der Waals surface area contributed by atoms with E-state index in [1.807, 2.05) is 37.3 Å². The van der Waals surface area contributed by atoms with E-state index in [1.54, 1.807) is 12.1 Å². The average Bonchev–Trinajstić information content (AvgIpc) is 2.43. The predicted octanol–water partition coefficient (Wildman–Crippen LogP) is 5.00. The van der Waals surface area contributed by atoms with Crippen LogP contribution in [-0.4, -0.2) is 4.98 Å². The van der Waals surface area contributed by atoms with Gasteiger partial charge in [-0.05, 0) is 24.6 Å². The third-order valence-corrected chi connectivity index (χ3v) is 3.43. The molecule has 1 aromatic heterocycles. The van der Waals surface area contributed by atoms with Crippen LogP contribution < -0.4 is 0 Å². The van der Waals surface area contributed by atoms with Crippen molar-refractivity contribution in [1.82, 2.24) is 4.98 Å². The van der Waals surface area contributed by atoms with Gasteiger partial charge in [0.1, 0.15) is 5.82 Å². The van der Waals surface area contributed by atoms with Gasteiger partial charge in [-0.2, -0.15) is 0 Å². The minimum atomic E-state index is -0.335. The molecule has 0 N–H and O–H groups in total. The zero-order chi connectivity index (χ0) is 13.4. The monoisotopic (exact) mass is 271 g/mol. The summed E-state index contributed by atoms with van der Waals surface area (Å²) in [6.07, 6.45) is 0. The van der Waals surface area contributed by atoms with Gasteiger partial charge in [0.2, 0.25) is 0 Å². The number of nitrogens with zero attached hydrogens (tertiary/aromatic N) is 1. The normalized spacial score (nSPS) is 10.9. The summed E-state index contributed by atoms with van der Waals surface area (Å²) in [5, 5.41) is 0.784. The number of halogens is 2. The number of fused-ring (bicyclic) bond motifs is 1. The Balaban J connectivity index is 2.34. The van der Waals surface area contributed by atoms with Crippen LogP contribution >= 0.6 is 11.6 Å². The summed E-state index contributed by atoms with van der Waals surface area (Å²) in [7, 11) is 0. The maximum absolute atomic E-state index is 13.8. The van der Waals surface area contributed by atoms with E-state index in [2.05, 4.69) is 4.98 Å². The van der Waals surface area contributed by atoms with E-state index in [0.717, 1.165) is 16.8 Å². The van der Waals surface area contributed by atoms with Gasteiger partial charge < -0.3 is 0 Å². The maximum atomic E-state index is 13.8. The largest absolute Gasteiger partial charge is 0.247 e. The highest BCUT2D eigenvalue weighted by Gasteiger charge is 2.11. The summed E-state index contributed by atoms with van der Waals surface area (Å²) in [6.45, 7) is 1.90. The smallest absolute Gasteiger partial charge is 0.134 e. The van der Waals surface area contributed by atoms with Crippen molar-refractivity contribution in [3.05, 3.63) is 64.9 Å². The van der Waals surface area contributed by atoms with E-state index in [-0.39, 0.29) is 5.82 Å². The Labute approximate surface area is 115 Å². The Hall–Kier alpha value is -1.93. The number of hydrogen-bond acceptors (Lipinski definition) is 1. The van der Waals surface area contributed by atoms with Crippen LogP contribution in [0.4, 0.5) is 4.39 Å². The molecule has 0 unspecified atom stereocenters. The molecule has 0 fully saturated rings. The molecule has 3 aromatic rings. The predicted molar refractivity (Wildman–Crippen MR) is 76.9 cm³/mol. The Bertz CT molecular complexity index is 754. The zero-order valence-corrected chi connectivity index (χ0v) is 11.1. The highest BCUT2D eigenvalue weighted by Crippen LogP contribution is 2.31. The molecule has 1 nitrogen and oxygen atoms in total. The van der Waals surface area contributed by atoms with Crippen LogP contribution in [0.2, 0.25) is 5.02 Å². The molecular formula is C16H11ClFN. The molecule has 2 aromatic carbocycles. The van der Waals surface area contributed by atoms with Crippen molar-refractivity contribution >= 4 is 22.5 Å². The maximum Gasteiger partial charge on any atom is 0.134 e. The Kier molecular flexibility index (Phi) is 2.96. The summed E-state index contributed by atoms with van der Waals surface area (Å²) in [4.78, 5) is 4.54. The fourth-order valence-electron chi connectivity index (χ4n) is 2.14. The van der Waals surface area contributed by atoms with Gasteiger partial charge in [0, 0.05) is 5.56 Å². The average molecular weight is 272 g/mol. The molecule has 0 saturated carbocycles. The van der Waals surface area contributed by atoms with Crippen LogP contribution in [0.5, 0.6) is 0 Å². The molecule has 0 radical (unpaired) electrons. The first-order valence-corrected chi connectivity index (χ1v) is 6.35. The van der Waals surface area contributed by atoms with Crippen molar-refractivity contribution in [1.29, 1.82) is 0 Å². The van der Waals surface area contributed by atoms with Gasteiger partial charge in [0.05, 0.1) is 21.6 Å². The fraction of sp³-hybridized carbons (Fsp3) is 0.0625. The summed E-state index contributed by atoms with van der Waals surface area (Å²) in [6, 6.07) is 14.6. The molecule has 0 atom stereocenters. The van der Waals surface area contributed by atoms with Crippen molar-refractivity contribution in [3.63, 3.8) is 0 Å². The van der Waals surface area contributed by atoms with Crippen LogP contribution in [0, 0.1) is 12.7 Å². The summed E-state index contributed by atoms with van der Waals surface area (Å²) in [5.41, 5.74) is 3.25.